The van der Waals surface area contributed by atoms with Crippen molar-refractivity contribution in [2.45, 2.75) is 45.9 Å². The van der Waals surface area contributed by atoms with E-state index < -0.39 is 0 Å². The van der Waals surface area contributed by atoms with Crippen LogP contribution in [0, 0.1) is 0 Å². The number of carbonyl (C=O) groups excluding carboxylic acids is 1. The van der Waals surface area contributed by atoms with Crippen molar-refractivity contribution in [1.29, 1.82) is 0 Å². The predicted octanol–water partition coefficient (Wildman–Crippen LogP) is 2.00. The molecule has 0 saturated carbocycles. The number of aliphatic hydroxyl groups is 1. The van der Waals surface area contributed by atoms with Crippen molar-refractivity contribution in [2.24, 2.45) is 0 Å². The lowest BCUT2D eigenvalue weighted by atomic mass is 10.1. The van der Waals surface area contributed by atoms with E-state index in [0.29, 0.717) is 13.2 Å². The van der Waals surface area contributed by atoms with Crippen molar-refractivity contribution < 1.29 is 14.6 Å². The summed E-state index contributed by atoms with van der Waals surface area (Å²) in [5.41, 5.74) is 1.93. The average Bonchev–Trinajstić information content (AvgIpc) is 2.44. The van der Waals surface area contributed by atoms with Gasteiger partial charge in [0, 0.05) is 6.54 Å². The van der Waals surface area contributed by atoms with E-state index in [1.165, 1.54) is 0 Å². The molecule has 0 heterocycles. The molecule has 1 rings (SSSR count). The standard InChI is InChI=1S/C15H23NO3/c1-3-6-14(15(18)19-4-2)16-10-12-7-5-8-13(9-12)11-17/h5,7-9,14,16-17H,3-4,6,10-11H2,1-2H3. The fourth-order valence-electron chi connectivity index (χ4n) is 1.91. The van der Waals surface area contributed by atoms with Gasteiger partial charge in [-0.25, -0.2) is 0 Å². The fraction of sp³-hybridized carbons (Fsp3) is 0.533. The summed E-state index contributed by atoms with van der Waals surface area (Å²) in [5.74, 6) is -0.192. The molecule has 0 aliphatic rings. The third-order valence-electron chi connectivity index (χ3n) is 2.88. The lowest BCUT2D eigenvalue weighted by molar-refractivity contribution is -0.145. The fourth-order valence-corrected chi connectivity index (χ4v) is 1.91. The molecule has 106 valence electrons. The first-order valence-electron chi connectivity index (χ1n) is 6.79. The van der Waals surface area contributed by atoms with Gasteiger partial charge in [0.2, 0.25) is 0 Å². The molecular weight excluding hydrogens is 242 g/mol. The summed E-state index contributed by atoms with van der Waals surface area (Å²) >= 11 is 0. The molecule has 2 N–H and O–H groups in total. The molecule has 0 fully saturated rings. The summed E-state index contributed by atoms with van der Waals surface area (Å²) in [6.07, 6.45) is 1.69. The molecular formula is C15H23NO3. The average molecular weight is 265 g/mol. The van der Waals surface area contributed by atoms with E-state index in [-0.39, 0.29) is 18.6 Å². The summed E-state index contributed by atoms with van der Waals surface area (Å²) in [6.45, 7) is 4.88. The first-order valence-corrected chi connectivity index (χ1v) is 6.79. The highest BCUT2D eigenvalue weighted by Gasteiger charge is 2.17. The van der Waals surface area contributed by atoms with Crippen molar-refractivity contribution in [2.75, 3.05) is 6.61 Å². The zero-order valence-corrected chi connectivity index (χ0v) is 11.7. The predicted molar refractivity (Wildman–Crippen MR) is 74.5 cm³/mol. The Hall–Kier alpha value is -1.39. The number of hydrogen-bond acceptors (Lipinski definition) is 4. The quantitative estimate of drug-likeness (QED) is 0.706. The smallest absolute Gasteiger partial charge is 0.323 e. The molecule has 1 atom stereocenters. The SMILES string of the molecule is CCCC(NCc1cccc(CO)c1)C(=O)OCC. The van der Waals surface area contributed by atoms with Gasteiger partial charge in [-0.05, 0) is 24.5 Å². The topological polar surface area (TPSA) is 58.6 Å². The van der Waals surface area contributed by atoms with Gasteiger partial charge in [-0.2, -0.15) is 0 Å². The van der Waals surface area contributed by atoms with Gasteiger partial charge in [-0.15, -0.1) is 0 Å². The minimum atomic E-state index is -0.261. The molecule has 1 aromatic carbocycles. The zero-order valence-electron chi connectivity index (χ0n) is 11.7. The van der Waals surface area contributed by atoms with Gasteiger partial charge in [0.25, 0.3) is 0 Å². The van der Waals surface area contributed by atoms with Crippen molar-refractivity contribution in [1.82, 2.24) is 5.32 Å². The molecule has 19 heavy (non-hydrogen) atoms. The number of nitrogens with one attached hydrogen (secondary N) is 1. The van der Waals surface area contributed by atoms with Gasteiger partial charge in [-0.3, -0.25) is 4.79 Å². The number of esters is 1. The van der Waals surface area contributed by atoms with Gasteiger partial charge in [0.15, 0.2) is 0 Å². The summed E-state index contributed by atoms with van der Waals surface area (Å²) < 4.78 is 5.05. The Balaban J connectivity index is 2.57. The van der Waals surface area contributed by atoms with E-state index in [0.717, 1.165) is 24.0 Å². The molecule has 0 spiro atoms. The lowest BCUT2D eigenvalue weighted by Gasteiger charge is -2.16. The van der Waals surface area contributed by atoms with Crippen LogP contribution in [-0.2, 0) is 22.7 Å². The second kappa shape index (κ2) is 8.67. The van der Waals surface area contributed by atoms with Crippen LogP contribution in [-0.4, -0.2) is 23.7 Å². The lowest BCUT2D eigenvalue weighted by Crippen LogP contribution is -2.37. The zero-order chi connectivity index (χ0) is 14.1. The highest BCUT2D eigenvalue weighted by molar-refractivity contribution is 5.75. The van der Waals surface area contributed by atoms with E-state index in [1.807, 2.05) is 38.1 Å². The number of aliphatic hydroxyl groups excluding tert-OH is 1. The molecule has 4 heteroatoms. The molecule has 0 saturated heterocycles. The van der Waals surface area contributed by atoms with E-state index in [9.17, 15) is 4.79 Å². The Kier molecular flexibility index (Phi) is 7.15. The molecule has 4 nitrogen and oxygen atoms in total. The van der Waals surface area contributed by atoms with Gasteiger partial charge in [0.05, 0.1) is 13.2 Å². The van der Waals surface area contributed by atoms with Crippen molar-refractivity contribution in [3.8, 4) is 0 Å². The van der Waals surface area contributed by atoms with Crippen molar-refractivity contribution in [3.05, 3.63) is 35.4 Å². The summed E-state index contributed by atoms with van der Waals surface area (Å²) in [6, 6.07) is 7.42. The van der Waals surface area contributed by atoms with Gasteiger partial charge >= 0.3 is 5.97 Å². The number of hydrogen-bond donors (Lipinski definition) is 2. The Morgan fingerprint density at radius 3 is 2.74 bits per heavy atom. The highest BCUT2D eigenvalue weighted by atomic mass is 16.5. The molecule has 0 aliphatic carbocycles. The van der Waals surface area contributed by atoms with Gasteiger partial charge < -0.3 is 15.2 Å². The number of rotatable bonds is 8. The van der Waals surface area contributed by atoms with E-state index in [2.05, 4.69) is 5.32 Å². The molecule has 0 aliphatic heterocycles. The van der Waals surface area contributed by atoms with Crippen LogP contribution in [0.1, 0.15) is 37.8 Å². The van der Waals surface area contributed by atoms with Crippen LogP contribution < -0.4 is 5.32 Å². The third-order valence-corrected chi connectivity index (χ3v) is 2.88. The maximum Gasteiger partial charge on any atom is 0.323 e. The molecule has 1 unspecified atom stereocenters. The maximum atomic E-state index is 11.8. The van der Waals surface area contributed by atoms with Crippen LogP contribution in [0.5, 0.6) is 0 Å². The van der Waals surface area contributed by atoms with E-state index in [1.54, 1.807) is 0 Å². The monoisotopic (exact) mass is 265 g/mol. The highest BCUT2D eigenvalue weighted by Crippen LogP contribution is 2.07. The van der Waals surface area contributed by atoms with E-state index in [4.69, 9.17) is 9.84 Å². The van der Waals surface area contributed by atoms with Crippen LogP contribution in [0.25, 0.3) is 0 Å². The van der Waals surface area contributed by atoms with Crippen LogP contribution in [0.2, 0.25) is 0 Å². The van der Waals surface area contributed by atoms with Crippen LogP contribution in [0.15, 0.2) is 24.3 Å². The Bertz CT molecular complexity index is 393. The molecule has 1 aromatic rings. The normalized spacial score (nSPS) is 12.2. The maximum absolute atomic E-state index is 11.8. The minimum absolute atomic E-state index is 0.0319. The van der Waals surface area contributed by atoms with Gasteiger partial charge in [0.1, 0.15) is 6.04 Å². The summed E-state index contributed by atoms with van der Waals surface area (Å²) in [5, 5.41) is 12.3. The Morgan fingerprint density at radius 2 is 2.11 bits per heavy atom. The second-order valence-electron chi connectivity index (χ2n) is 4.45. The Morgan fingerprint density at radius 1 is 1.37 bits per heavy atom. The Labute approximate surface area is 114 Å². The van der Waals surface area contributed by atoms with Crippen molar-refractivity contribution in [3.63, 3.8) is 0 Å². The minimum Gasteiger partial charge on any atom is -0.465 e. The second-order valence-corrected chi connectivity index (χ2v) is 4.45. The van der Waals surface area contributed by atoms with Crippen LogP contribution in [0.4, 0.5) is 0 Å². The largest absolute Gasteiger partial charge is 0.465 e. The van der Waals surface area contributed by atoms with Gasteiger partial charge in [-0.1, -0.05) is 37.6 Å². The molecule has 0 bridgehead atoms. The van der Waals surface area contributed by atoms with Crippen LogP contribution >= 0.6 is 0 Å². The number of ether oxygens (including phenoxy) is 1. The first kappa shape index (κ1) is 15.7. The number of benzene rings is 1. The summed E-state index contributed by atoms with van der Waals surface area (Å²) in [4.78, 5) is 11.8. The molecule has 0 amide bonds. The molecule has 0 aromatic heterocycles. The first-order chi connectivity index (χ1) is 9.21. The third kappa shape index (κ3) is 5.41. The molecule has 0 radical (unpaired) electrons. The number of carbonyl (C=O) groups is 1. The van der Waals surface area contributed by atoms with E-state index >= 15 is 0 Å². The summed E-state index contributed by atoms with van der Waals surface area (Å²) in [7, 11) is 0. The van der Waals surface area contributed by atoms with Crippen LogP contribution in [0.3, 0.4) is 0 Å². The van der Waals surface area contributed by atoms with Crippen molar-refractivity contribution >= 4 is 5.97 Å².